The van der Waals surface area contributed by atoms with Gasteiger partial charge in [-0.2, -0.15) is 0 Å². The highest BCUT2D eigenvalue weighted by atomic mass is 16.3. The highest BCUT2D eigenvalue weighted by Crippen LogP contribution is 2.12. The second-order valence-corrected chi connectivity index (χ2v) is 3.54. The lowest BCUT2D eigenvalue weighted by Crippen LogP contribution is -2.07. The first-order valence-electron chi connectivity index (χ1n) is 4.99. The fourth-order valence-electron chi connectivity index (χ4n) is 1.09. The van der Waals surface area contributed by atoms with Crippen molar-refractivity contribution in [3.63, 3.8) is 0 Å². The van der Waals surface area contributed by atoms with Crippen LogP contribution < -0.4 is 0 Å². The molecule has 76 valence electrons. The van der Waals surface area contributed by atoms with Crippen molar-refractivity contribution < 1.29 is 9.90 Å². The molecule has 0 rings (SSSR count). The van der Waals surface area contributed by atoms with E-state index in [0.717, 1.165) is 25.5 Å². The van der Waals surface area contributed by atoms with E-state index in [9.17, 15) is 9.90 Å². The van der Waals surface area contributed by atoms with Gasteiger partial charge in [0.1, 0.15) is 6.29 Å². The first-order valence-corrected chi connectivity index (χ1v) is 4.99. The molecule has 0 aliphatic carbocycles. The van der Waals surface area contributed by atoms with Gasteiger partial charge in [0, 0.05) is 0 Å². The van der Waals surface area contributed by atoms with Gasteiger partial charge in [-0.3, -0.25) is 4.79 Å². The minimum atomic E-state index is -0.287. The van der Waals surface area contributed by atoms with Gasteiger partial charge in [-0.05, 0) is 31.3 Å². The highest BCUT2D eigenvalue weighted by molar-refractivity contribution is 5.64. The molecule has 0 aliphatic rings. The van der Waals surface area contributed by atoms with E-state index in [0.29, 0.717) is 12.3 Å². The van der Waals surface area contributed by atoms with Crippen LogP contribution in [0.3, 0.4) is 0 Å². The zero-order valence-corrected chi connectivity index (χ0v) is 8.57. The van der Waals surface area contributed by atoms with E-state index >= 15 is 0 Å². The summed E-state index contributed by atoms with van der Waals surface area (Å²) < 4.78 is 0. The normalized spacial score (nSPS) is 15.9. The van der Waals surface area contributed by atoms with Crippen molar-refractivity contribution in [2.75, 3.05) is 0 Å². The number of aldehydes is 1. The molecule has 0 fully saturated rings. The van der Waals surface area contributed by atoms with E-state index in [2.05, 4.69) is 13.8 Å². The minimum Gasteiger partial charge on any atom is -0.393 e. The Bertz CT molecular complexity index is 152. The van der Waals surface area contributed by atoms with Gasteiger partial charge in [0.15, 0.2) is 0 Å². The standard InChI is InChI=1S/C11H20O2/c1-3-10(2)7-8-11(13)6-4-5-9-12/h4-5,9-11,13H,3,6-8H2,1-2H3/b5-4+. The molecule has 0 radical (unpaired) electrons. The van der Waals surface area contributed by atoms with Gasteiger partial charge >= 0.3 is 0 Å². The summed E-state index contributed by atoms with van der Waals surface area (Å²) in [6.45, 7) is 4.34. The largest absolute Gasteiger partial charge is 0.393 e. The first kappa shape index (κ1) is 12.4. The maximum Gasteiger partial charge on any atom is 0.142 e. The average Bonchev–Trinajstić information content (AvgIpc) is 2.14. The Hall–Kier alpha value is -0.630. The number of rotatable bonds is 7. The van der Waals surface area contributed by atoms with Crippen molar-refractivity contribution >= 4 is 6.29 Å². The van der Waals surface area contributed by atoms with Crippen LogP contribution >= 0.6 is 0 Å². The first-order chi connectivity index (χ1) is 6.20. The SMILES string of the molecule is CCC(C)CCC(O)C/C=C/C=O. The molecule has 1 N–H and O–H groups in total. The smallest absolute Gasteiger partial charge is 0.142 e. The molecule has 0 aliphatic heterocycles. The predicted octanol–water partition coefficient (Wildman–Crippen LogP) is 2.32. The molecule has 2 unspecified atom stereocenters. The maximum atomic E-state index is 9.93. The highest BCUT2D eigenvalue weighted by Gasteiger charge is 2.04. The molecular weight excluding hydrogens is 164 g/mol. The Morgan fingerprint density at radius 1 is 1.38 bits per heavy atom. The summed E-state index contributed by atoms with van der Waals surface area (Å²) in [4.78, 5) is 9.93. The lowest BCUT2D eigenvalue weighted by molar-refractivity contribution is -0.104. The summed E-state index contributed by atoms with van der Waals surface area (Å²) in [6, 6.07) is 0. The molecule has 0 heterocycles. The molecule has 0 aromatic heterocycles. The molecule has 0 bridgehead atoms. The number of carbonyl (C=O) groups excluding carboxylic acids is 1. The molecule has 0 saturated carbocycles. The summed E-state index contributed by atoms with van der Waals surface area (Å²) >= 11 is 0. The van der Waals surface area contributed by atoms with E-state index < -0.39 is 0 Å². The second kappa shape index (κ2) is 7.99. The van der Waals surface area contributed by atoms with Crippen molar-refractivity contribution in [2.45, 2.75) is 45.6 Å². The topological polar surface area (TPSA) is 37.3 Å². The van der Waals surface area contributed by atoms with Crippen molar-refractivity contribution in [3.05, 3.63) is 12.2 Å². The van der Waals surface area contributed by atoms with Crippen LogP contribution in [-0.4, -0.2) is 17.5 Å². The van der Waals surface area contributed by atoms with Crippen LogP contribution in [0.4, 0.5) is 0 Å². The van der Waals surface area contributed by atoms with Crippen LogP contribution in [0.15, 0.2) is 12.2 Å². The van der Waals surface area contributed by atoms with Gasteiger partial charge in [-0.25, -0.2) is 0 Å². The number of carbonyl (C=O) groups is 1. The monoisotopic (exact) mass is 184 g/mol. The van der Waals surface area contributed by atoms with Crippen LogP contribution in [0.2, 0.25) is 0 Å². The van der Waals surface area contributed by atoms with Crippen molar-refractivity contribution in [3.8, 4) is 0 Å². The maximum absolute atomic E-state index is 9.93. The molecule has 13 heavy (non-hydrogen) atoms. The van der Waals surface area contributed by atoms with Crippen molar-refractivity contribution in [1.29, 1.82) is 0 Å². The van der Waals surface area contributed by atoms with Crippen molar-refractivity contribution in [2.24, 2.45) is 5.92 Å². The lowest BCUT2D eigenvalue weighted by atomic mass is 9.99. The Labute approximate surface area is 80.7 Å². The summed E-state index contributed by atoms with van der Waals surface area (Å²) in [6.07, 6.45) is 7.25. The third-order valence-electron chi connectivity index (χ3n) is 2.31. The van der Waals surface area contributed by atoms with Crippen molar-refractivity contribution in [1.82, 2.24) is 0 Å². The number of allylic oxidation sites excluding steroid dienone is 1. The summed E-state index contributed by atoms with van der Waals surface area (Å²) in [5.74, 6) is 0.685. The van der Waals surface area contributed by atoms with Gasteiger partial charge in [0.2, 0.25) is 0 Å². The van der Waals surface area contributed by atoms with Gasteiger partial charge in [0.05, 0.1) is 6.10 Å². The number of aliphatic hydroxyl groups excluding tert-OH is 1. The second-order valence-electron chi connectivity index (χ2n) is 3.54. The fourth-order valence-corrected chi connectivity index (χ4v) is 1.09. The Balaban J connectivity index is 3.44. The Kier molecular flexibility index (Phi) is 7.60. The molecule has 0 aromatic carbocycles. The third kappa shape index (κ3) is 7.72. The molecule has 0 spiro atoms. The molecule has 0 amide bonds. The zero-order chi connectivity index (χ0) is 10.1. The zero-order valence-electron chi connectivity index (χ0n) is 8.57. The van der Waals surface area contributed by atoms with Gasteiger partial charge in [-0.15, -0.1) is 0 Å². The van der Waals surface area contributed by atoms with E-state index in [4.69, 9.17) is 0 Å². The Morgan fingerprint density at radius 2 is 2.08 bits per heavy atom. The van der Waals surface area contributed by atoms with E-state index in [1.54, 1.807) is 6.08 Å². The number of hydrogen-bond acceptors (Lipinski definition) is 2. The lowest BCUT2D eigenvalue weighted by Gasteiger charge is -2.11. The summed E-state index contributed by atoms with van der Waals surface area (Å²) in [7, 11) is 0. The van der Waals surface area contributed by atoms with E-state index in [1.165, 1.54) is 6.08 Å². The van der Waals surface area contributed by atoms with E-state index in [-0.39, 0.29) is 6.10 Å². The van der Waals surface area contributed by atoms with Gasteiger partial charge in [-0.1, -0.05) is 26.3 Å². The molecule has 2 heteroatoms. The van der Waals surface area contributed by atoms with Crippen LogP contribution in [0.25, 0.3) is 0 Å². The van der Waals surface area contributed by atoms with Gasteiger partial charge < -0.3 is 5.11 Å². The molecule has 0 saturated heterocycles. The molecule has 0 aromatic rings. The van der Waals surface area contributed by atoms with Crippen LogP contribution in [0.5, 0.6) is 0 Å². The molecular formula is C11H20O2. The summed E-state index contributed by atoms with van der Waals surface area (Å²) in [5.41, 5.74) is 0. The predicted molar refractivity (Wildman–Crippen MR) is 54.5 cm³/mol. The number of aliphatic hydroxyl groups is 1. The molecule has 2 atom stereocenters. The van der Waals surface area contributed by atoms with E-state index in [1.807, 2.05) is 0 Å². The molecule has 2 nitrogen and oxygen atoms in total. The Morgan fingerprint density at radius 3 is 2.62 bits per heavy atom. The van der Waals surface area contributed by atoms with Crippen LogP contribution in [0, 0.1) is 5.92 Å². The van der Waals surface area contributed by atoms with Crippen LogP contribution in [0.1, 0.15) is 39.5 Å². The average molecular weight is 184 g/mol. The van der Waals surface area contributed by atoms with Gasteiger partial charge in [0.25, 0.3) is 0 Å². The quantitative estimate of drug-likeness (QED) is 0.487. The third-order valence-corrected chi connectivity index (χ3v) is 2.31. The fraction of sp³-hybridized carbons (Fsp3) is 0.727. The summed E-state index contributed by atoms with van der Waals surface area (Å²) in [5, 5.41) is 9.45. The minimum absolute atomic E-state index is 0.287. The number of hydrogen-bond donors (Lipinski definition) is 1. The van der Waals surface area contributed by atoms with Crippen LogP contribution in [-0.2, 0) is 4.79 Å².